The van der Waals surface area contributed by atoms with Gasteiger partial charge < -0.3 is 15.5 Å². The maximum Gasteiger partial charge on any atom is 0.191 e. The summed E-state index contributed by atoms with van der Waals surface area (Å²) in [5, 5.41) is 7.05. The van der Waals surface area contributed by atoms with E-state index in [-0.39, 0.29) is 24.0 Å². The summed E-state index contributed by atoms with van der Waals surface area (Å²) in [6, 6.07) is 11.5. The summed E-state index contributed by atoms with van der Waals surface area (Å²) in [6.45, 7) is 9.31. The van der Waals surface area contributed by atoms with Crippen molar-refractivity contribution in [3.05, 3.63) is 58.8 Å². The lowest BCUT2D eigenvalue weighted by molar-refractivity contribution is 0.459. The van der Waals surface area contributed by atoms with Crippen molar-refractivity contribution in [1.29, 1.82) is 0 Å². The summed E-state index contributed by atoms with van der Waals surface area (Å²) in [7, 11) is 1.84. The van der Waals surface area contributed by atoms with Crippen LogP contribution in [0.3, 0.4) is 0 Å². The molecule has 1 aliphatic rings. The van der Waals surface area contributed by atoms with Crippen molar-refractivity contribution in [1.82, 2.24) is 15.6 Å². The van der Waals surface area contributed by atoms with Gasteiger partial charge in [-0.3, -0.25) is 4.99 Å². The van der Waals surface area contributed by atoms with E-state index in [1.165, 1.54) is 22.3 Å². The van der Waals surface area contributed by atoms with Gasteiger partial charge in [-0.1, -0.05) is 35.4 Å². The average Bonchev–Trinajstić information content (AvgIpc) is 2.68. The SMILES string of the molecule is CN=C(NCCc1cc(C)cc(C)c1)NC1CCN(c2ccc(C)cn2)CC1.I. The van der Waals surface area contributed by atoms with E-state index in [1.54, 1.807) is 0 Å². The van der Waals surface area contributed by atoms with E-state index < -0.39 is 0 Å². The Bertz CT molecular complexity index is 775. The summed E-state index contributed by atoms with van der Waals surface area (Å²) in [5.41, 5.74) is 5.23. The van der Waals surface area contributed by atoms with Crippen molar-refractivity contribution < 1.29 is 0 Å². The first kappa shape index (κ1) is 23.4. The number of anilines is 1. The van der Waals surface area contributed by atoms with E-state index in [0.29, 0.717) is 6.04 Å². The van der Waals surface area contributed by atoms with Crippen LogP contribution in [0.15, 0.2) is 41.5 Å². The molecule has 3 rings (SSSR count). The lowest BCUT2D eigenvalue weighted by atomic mass is 10.0. The zero-order chi connectivity index (χ0) is 19.9. The molecule has 158 valence electrons. The number of benzene rings is 1. The standard InChI is InChI=1S/C23H33N5.HI/c1-17-5-6-22(26-16-17)28-11-8-21(9-12-28)27-23(24-4)25-10-7-20-14-18(2)13-19(3)15-20;/h5-6,13-16,21H,7-12H2,1-4H3,(H2,24,25,27);1H. The highest BCUT2D eigenvalue weighted by Gasteiger charge is 2.20. The molecule has 1 aliphatic heterocycles. The molecule has 2 heterocycles. The second-order valence-corrected chi connectivity index (χ2v) is 7.84. The Morgan fingerprint density at radius 3 is 2.34 bits per heavy atom. The fourth-order valence-electron chi connectivity index (χ4n) is 3.83. The Kier molecular flexibility index (Phi) is 9.20. The van der Waals surface area contributed by atoms with Gasteiger partial charge in [0.1, 0.15) is 5.82 Å². The number of hydrogen-bond acceptors (Lipinski definition) is 3. The lowest BCUT2D eigenvalue weighted by Crippen LogP contribution is -2.49. The molecule has 0 aliphatic carbocycles. The third-order valence-electron chi connectivity index (χ3n) is 5.27. The van der Waals surface area contributed by atoms with Gasteiger partial charge >= 0.3 is 0 Å². The highest BCUT2D eigenvalue weighted by Crippen LogP contribution is 2.18. The van der Waals surface area contributed by atoms with Crippen LogP contribution in [0.2, 0.25) is 0 Å². The molecule has 0 saturated carbocycles. The number of halogens is 1. The Labute approximate surface area is 192 Å². The predicted octanol–water partition coefficient (Wildman–Crippen LogP) is 4.00. The molecule has 1 aromatic carbocycles. The van der Waals surface area contributed by atoms with E-state index in [0.717, 1.165) is 50.7 Å². The van der Waals surface area contributed by atoms with E-state index >= 15 is 0 Å². The highest BCUT2D eigenvalue weighted by atomic mass is 127. The number of nitrogens with one attached hydrogen (secondary N) is 2. The van der Waals surface area contributed by atoms with Crippen molar-refractivity contribution >= 4 is 35.8 Å². The first-order chi connectivity index (χ1) is 13.5. The zero-order valence-corrected chi connectivity index (χ0v) is 20.4. The predicted molar refractivity (Wildman–Crippen MR) is 134 cm³/mol. The van der Waals surface area contributed by atoms with Crippen LogP contribution < -0.4 is 15.5 Å². The summed E-state index contributed by atoms with van der Waals surface area (Å²) in [5.74, 6) is 1.98. The molecule has 2 aromatic rings. The molecule has 0 bridgehead atoms. The second kappa shape index (κ2) is 11.4. The molecule has 1 fully saturated rings. The molecular weight excluding hydrogens is 473 g/mol. The monoisotopic (exact) mass is 507 g/mol. The minimum atomic E-state index is 0. The van der Waals surface area contributed by atoms with Crippen molar-refractivity contribution in [3.63, 3.8) is 0 Å². The van der Waals surface area contributed by atoms with Gasteiger partial charge in [0.2, 0.25) is 0 Å². The molecule has 5 nitrogen and oxygen atoms in total. The van der Waals surface area contributed by atoms with Crippen LogP contribution in [0.1, 0.15) is 35.1 Å². The molecular formula is C23H34IN5. The number of pyridine rings is 1. The van der Waals surface area contributed by atoms with Gasteiger partial charge in [0.15, 0.2) is 5.96 Å². The van der Waals surface area contributed by atoms with E-state index in [1.807, 2.05) is 13.2 Å². The number of guanidine groups is 1. The van der Waals surface area contributed by atoms with E-state index in [4.69, 9.17) is 0 Å². The third kappa shape index (κ3) is 7.17. The van der Waals surface area contributed by atoms with Crippen molar-refractivity contribution in [2.24, 2.45) is 4.99 Å². The number of aliphatic imine (C=N–C) groups is 1. The highest BCUT2D eigenvalue weighted by molar-refractivity contribution is 14.0. The summed E-state index contributed by atoms with van der Waals surface area (Å²) < 4.78 is 0. The smallest absolute Gasteiger partial charge is 0.191 e. The topological polar surface area (TPSA) is 52.6 Å². The molecule has 0 amide bonds. The first-order valence-electron chi connectivity index (χ1n) is 10.3. The summed E-state index contributed by atoms with van der Waals surface area (Å²) in [4.78, 5) is 11.3. The number of aryl methyl sites for hydroxylation is 3. The maximum atomic E-state index is 4.56. The van der Waals surface area contributed by atoms with Gasteiger partial charge in [0.05, 0.1) is 0 Å². The van der Waals surface area contributed by atoms with Gasteiger partial charge in [0, 0.05) is 38.9 Å². The van der Waals surface area contributed by atoms with Gasteiger partial charge in [-0.05, 0) is 57.2 Å². The molecule has 0 unspecified atom stereocenters. The Balaban J connectivity index is 0.00000300. The van der Waals surface area contributed by atoms with Gasteiger partial charge in [0.25, 0.3) is 0 Å². The van der Waals surface area contributed by atoms with Gasteiger partial charge in [-0.25, -0.2) is 4.98 Å². The van der Waals surface area contributed by atoms with Crippen LogP contribution in [-0.2, 0) is 6.42 Å². The molecule has 1 aromatic heterocycles. The number of piperidine rings is 1. The van der Waals surface area contributed by atoms with Crippen LogP contribution in [0.5, 0.6) is 0 Å². The molecule has 2 N–H and O–H groups in total. The molecule has 29 heavy (non-hydrogen) atoms. The van der Waals surface area contributed by atoms with Crippen molar-refractivity contribution in [3.8, 4) is 0 Å². The van der Waals surface area contributed by atoms with Crippen LogP contribution in [0.4, 0.5) is 5.82 Å². The van der Waals surface area contributed by atoms with E-state index in [2.05, 4.69) is 76.6 Å². The van der Waals surface area contributed by atoms with Crippen molar-refractivity contribution in [2.75, 3.05) is 31.6 Å². The lowest BCUT2D eigenvalue weighted by Gasteiger charge is -2.33. The number of hydrogen-bond donors (Lipinski definition) is 2. The molecule has 0 atom stereocenters. The van der Waals surface area contributed by atoms with Crippen LogP contribution in [-0.4, -0.2) is 43.7 Å². The molecule has 6 heteroatoms. The fraction of sp³-hybridized carbons (Fsp3) is 0.478. The van der Waals surface area contributed by atoms with Gasteiger partial charge in [-0.15, -0.1) is 24.0 Å². The van der Waals surface area contributed by atoms with Crippen molar-refractivity contribution in [2.45, 2.75) is 46.1 Å². The van der Waals surface area contributed by atoms with Gasteiger partial charge in [-0.2, -0.15) is 0 Å². The van der Waals surface area contributed by atoms with Crippen LogP contribution >= 0.6 is 24.0 Å². The number of nitrogens with zero attached hydrogens (tertiary/aromatic N) is 3. The normalized spacial score (nSPS) is 15.0. The summed E-state index contributed by atoms with van der Waals surface area (Å²) in [6.07, 6.45) is 5.13. The Morgan fingerprint density at radius 2 is 1.76 bits per heavy atom. The largest absolute Gasteiger partial charge is 0.356 e. The number of rotatable bonds is 5. The van der Waals surface area contributed by atoms with Crippen LogP contribution in [0.25, 0.3) is 0 Å². The molecule has 1 saturated heterocycles. The summed E-state index contributed by atoms with van der Waals surface area (Å²) >= 11 is 0. The van der Waals surface area contributed by atoms with Crippen LogP contribution in [0, 0.1) is 20.8 Å². The second-order valence-electron chi connectivity index (χ2n) is 7.84. The Morgan fingerprint density at radius 1 is 1.07 bits per heavy atom. The minimum absolute atomic E-state index is 0. The zero-order valence-electron chi connectivity index (χ0n) is 18.0. The maximum absolute atomic E-state index is 4.56. The first-order valence-corrected chi connectivity index (χ1v) is 10.3. The van der Waals surface area contributed by atoms with E-state index in [9.17, 15) is 0 Å². The average molecular weight is 507 g/mol. The minimum Gasteiger partial charge on any atom is -0.356 e. The number of aromatic nitrogens is 1. The Hall–Kier alpha value is -1.83. The molecule has 0 spiro atoms. The third-order valence-corrected chi connectivity index (χ3v) is 5.27. The molecule has 0 radical (unpaired) electrons. The fourth-order valence-corrected chi connectivity index (χ4v) is 3.83. The quantitative estimate of drug-likeness (QED) is 0.365.